The summed E-state index contributed by atoms with van der Waals surface area (Å²) < 4.78 is 4.90. The van der Waals surface area contributed by atoms with Crippen LogP contribution in [-0.4, -0.2) is 18.0 Å². The zero-order chi connectivity index (χ0) is 6.41. The Morgan fingerprint density at radius 1 is 1.44 bits per heavy atom. The van der Waals surface area contributed by atoms with Crippen LogP contribution in [0, 0.1) is 0 Å². The predicted molar refractivity (Wildman–Crippen MR) is 32.5 cm³/mol. The minimum atomic E-state index is -0.546. The van der Waals surface area contributed by atoms with E-state index < -0.39 is 6.29 Å². The van der Waals surface area contributed by atoms with Gasteiger partial charge in [0.05, 0.1) is 0 Å². The van der Waals surface area contributed by atoms with Gasteiger partial charge in [-0.2, -0.15) is 0 Å². The maximum Gasteiger partial charge on any atom is 0.154 e. The minimum absolute atomic E-state index is 0. The first-order chi connectivity index (χ1) is 3.81. The summed E-state index contributed by atoms with van der Waals surface area (Å²) in [6.45, 7) is 4.57. The molecule has 0 aromatic carbocycles. The van der Waals surface area contributed by atoms with Gasteiger partial charge < -0.3 is 9.84 Å². The Hall–Kier alpha value is 0.803. The van der Waals surface area contributed by atoms with Crippen LogP contribution in [-0.2, 0) is 30.9 Å². The second kappa shape index (κ2) is 8.80. The van der Waals surface area contributed by atoms with Crippen LogP contribution in [0.25, 0.3) is 0 Å². The van der Waals surface area contributed by atoms with E-state index in [4.69, 9.17) is 9.84 Å². The van der Waals surface area contributed by atoms with Gasteiger partial charge in [0.25, 0.3) is 0 Å². The summed E-state index contributed by atoms with van der Waals surface area (Å²) in [6, 6.07) is 0. The van der Waals surface area contributed by atoms with Crippen LogP contribution >= 0.6 is 0 Å². The van der Waals surface area contributed by atoms with Crippen LogP contribution in [0.1, 0.15) is 26.7 Å². The number of ether oxygens (including phenoxy) is 1. The van der Waals surface area contributed by atoms with Crippen molar-refractivity contribution in [2.45, 2.75) is 33.0 Å². The van der Waals surface area contributed by atoms with Crippen molar-refractivity contribution in [2.24, 2.45) is 0 Å². The van der Waals surface area contributed by atoms with Crippen molar-refractivity contribution in [2.75, 3.05) is 6.61 Å². The molecule has 3 heteroatoms. The second-order valence-electron chi connectivity index (χ2n) is 1.73. The molecule has 54 valence electrons. The molecule has 0 aliphatic carbocycles. The molecule has 0 amide bonds. The van der Waals surface area contributed by atoms with Gasteiger partial charge in [-0.05, 0) is 12.8 Å². The normalized spacial score (nSPS) is 12.3. The van der Waals surface area contributed by atoms with E-state index in [0.29, 0.717) is 13.0 Å². The summed E-state index contributed by atoms with van der Waals surface area (Å²) in [4.78, 5) is 0. The number of aliphatic hydroxyl groups excluding tert-OH is 1. The SMILES string of the molecule is CCCOC(O)CC.[Zr]. The van der Waals surface area contributed by atoms with Gasteiger partial charge in [-0.25, -0.2) is 0 Å². The van der Waals surface area contributed by atoms with Crippen molar-refractivity contribution in [3.63, 3.8) is 0 Å². The van der Waals surface area contributed by atoms with Crippen LogP contribution in [0.5, 0.6) is 0 Å². The molecule has 0 aliphatic rings. The molecule has 0 saturated carbocycles. The molecule has 0 radical (unpaired) electrons. The van der Waals surface area contributed by atoms with Crippen molar-refractivity contribution in [1.29, 1.82) is 0 Å². The Kier molecular flexibility index (Phi) is 12.2. The van der Waals surface area contributed by atoms with Crippen molar-refractivity contribution in [3.8, 4) is 0 Å². The fraction of sp³-hybridized carbons (Fsp3) is 1.00. The van der Waals surface area contributed by atoms with E-state index in [0.717, 1.165) is 6.42 Å². The first kappa shape index (κ1) is 12.5. The summed E-state index contributed by atoms with van der Waals surface area (Å²) in [5.41, 5.74) is 0. The van der Waals surface area contributed by atoms with Crippen molar-refractivity contribution < 1.29 is 36.0 Å². The van der Waals surface area contributed by atoms with Gasteiger partial charge in [-0.1, -0.05) is 13.8 Å². The molecular formula is C6H14O2Zr. The van der Waals surface area contributed by atoms with Crippen molar-refractivity contribution in [3.05, 3.63) is 0 Å². The van der Waals surface area contributed by atoms with E-state index in [1.807, 2.05) is 13.8 Å². The molecule has 0 heterocycles. The van der Waals surface area contributed by atoms with Crippen molar-refractivity contribution >= 4 is 0 Å². The molecular weight excluding hydrogens is 195 g/mol. The Morgan fingerprint density at radius 2 is 2.00 bits per heavy atom. The average molecular weight is 209 g/mol. The van der Waals surface area contributed by atoms with Crippen LogP contribution in [0.2, 0.25) is 0 Å². The van der Waals surface area contributed by atoms with Gasteiger partial charge >= 0.3 is 0 Å². The number of hydrogen-bond acceptors (Lipinski definition) is 2. The molecule has 2 nitrogen and oxygen atoms in total. The Balaban J connectivity index is 0. The fourth-order valence-corrected chi connectivity index (χ4v) is 0.372. The molecule has 0 aromatic rings. The standard InChI is InChI=1S/C6H14O2.Zr/c1-3-5-8-6(7)4-2;/h6-7H,3-5H2,1-2H3;. The zero-order valence-electron chi connectivity index (χ0n) is 6.05. The molecule has 0 aliphatic heterocycles. The second-order valence-corrected chi connectivity index (χ2v) is 1.73. The van der Waals surface area contributed by atoms with Gasteiger partial charge in [0.15, 0.2) is 6.29 Å². The zero-order valence-corrected chi connectivity index (χ0v) is 8.51. The minimum Gasteiger partial charge on any atom is -0.368 e. The first-order valence-corrected chi connectivity index (χ1v) is 3.11. The summed E-state index contributed by atoms with van der Waals surface area (Å²) in [5.74, 6) is 0. The van der Waals surface area contributed by atoms with E-state index in [-0.39, 0.29) is 26.2 Å². The van der Waals surface area contributed by atoms with Gasteiger partial charge in [0, 0.05) is 32.8 Å². The summed E-state index contributed by atoms with van der Waals surface area (Å²) in [6.07, 6.45) is 1.10. The largest absolute Gasteiger partial charge is 0.368 e. The first-order valence-electron chi connectivity index (χ1n) is 3.11. The average Bonchev–Trinajstić information content (AvgIpc) is 1.83. The van der Waals surface area contributed by atoms with Crippen LogP contribution in [0.3, 0.4) is 0 Å². The molecule has 1 unspecified atom stereocenters. The van der Waals surface area contributed by atoms with E-state index in [2.05, 4.69) is 0 Å². The quantitative estimate of drug-likeness (QED) is 0.704. The molecule has 1 atom stereocenters. The van der Waals surface area contributed by atoms with Gasteiger partial charge in [0.2, 0.25) is 0 Å². The molecule has 0 bridgehead atoms. The van der Waals surface area contributed by atoms with Gasteiger partial charge in [-0.3, -0.25) is 0 Å². The van der Waals surface area contributed by atoms with Crippen LogP contribution in [0.15, 0.2) is 0 Å². The topological polar surface area (TPSA) is 29.5 Å². The van der Waals surface area contributed by atoms with Gasteiger partial charge in [0.1, 0.15) is 0 Å². The molecule has 1 N–H and O–H groups in total. The summed E-state index contributed by atoms with van der Waals surface area (Å²) >= 11 is 0. The monoisotopic (exact) mass is 208 g/mol. The third-order valence-electron chi connectivity index (χ3n) is 0.864. The number of aliphatic hydroxyl groups is 1. The Morgan fingerprint density at radius 3 is 2.33 bits per heavy atom. The van der Waals surface area contributed by atoms with E-state index in [1.165, 1.54) is 0 Å². The molecule has 9 heavy (non-hydrogen) atoms. The number of hydrogen-bond donors (Lipinski definition) is 1. The van der Waals surface area contributed by atoms with E-state index in [9.17, 15) is 0 Å². The van der Waals surface area contributed by atoms with Gasteiger partial charge in [-0.15, -0.1) is 0 Å². The molecule has 0 aromatic heterocycles. The smallest absolute Gasteiger partial charge is 0.154 e. The van der Waals surface area contributed by atoms with Crippen LogP contribution in [0.4, 0.5) is 0 Å². The number of rotatable bonds is 4. The molecule has 0 spiro atoms. The van der Waals surface area contributed by atoms with E-state index in [1.54, 1.807) is 0 Å². The summed E-state index contributed by atoms with van der Waals surface area (Å²) in [5, 5.41) is 8.77. The van der Waals surface area contributed by atoms with Crippen LogP contribution < -0.4 is 0 Å². The maximum atomic E-state index is 8.77. The van der Waals surface area contributed by atoms with E-state index >= 15 is 0 Å². The maximum absolute atomic E-state index is 8.77. The Labute approximate surface area is 75.7 Å². The Bertz CT molecular complexity index is 50.3. The molecule has 0 fully saturated rings. The molecule has 0 rings (SSSR count). The van der Waals surface area contributed by atoms with Crippen molar-refractivity contribution in [1.82, 2.24) is 0 Å². The third kappa shape index (κ3) is 8.80. The third-order valence-corrected chi connectivity index (χ3v) is 0.864. The molecule has 0 saturated heterocycles. The summed E-state index contributed by atoms with van der Waals surface area (Å²) in [7, 11) is 0. The fourth-order valence-electron chi connectivity index (χ4n) is 0.372. The predicted octanol–water partition coefficient (Wildman–Crippen LogP) is 1.14.